The van der Waals surface area contributed by atoms with Gasteiger partial charge in [-0.05, 0) is 0 Å². The summed E-state index contributed by atoms with van der Waals surface area (Å²) in [7, 11) is 4.13. The second-order valence-corrected chi connectivity index (χ2v) is 17.6. The van der Waals surface area contributed by atoms with Crippen LogP contribution in [0.25, 0.3) is 0 Å². The third-order valence-electron chi connectivity index (χ3n) is 1.33. The summed E-state index contributed by atoms with van der Waals surface area (Å²) in [6, 6.07) is 0. The average molecular weight is 498 g/mol. The molecule has 0 aromatic heterocycles. The molecule has 8 nitrogen and oxygen atoms in total. The molecular formula is C16H38N4O4Si2Zr. The molecule has 0 aromatic rings. The Kier molecular flexibility index (Phi) is 27.3. The van der Waals surface area contributed by atoms with Crippen LogP contribution in [-0.4, -0.2) is 78.2 Å². The van der Waals surface area contributed by atoms with Crippen molar-refractivity contribution < 1.29 is 46.0 Å². The van der Waals surface area contributed by atoms with E-state index < -0.39 is 28.1 Å². The van der Waals surface area contributed by atoms with Crippen LogP contribution >= 0.6 is 0 Å². The SMILES string of the molecule is CN=C(NC)C(=O)O.CN=C(NC)C(=O)O.[CH2-][Si](C)(C)C.[CH2-][Si](C)(C)C.[Zr+2]. The molecule has 11 heteroatoms. The van der Waals surface area contributed by atoms with Gasteiger partial charge in [-0.1, -0.05) is 39.3 Å². The van der Waals surface area contributed by atoms with E-state index in [0.29, 0.717) is 0 Å². The molecule has 0 spiro atoms. The van der Waals surface area contributed by atoms with Crippen LogP contribution < -0.4 is 10.6 Å². The Hall–Kier alpha value is -0.803. The van der Waals surface area contributed by atoms with Gasteiger partial charge < -0.3 is 33.9 Å². The molecule has 0 aromatic carbocycles. The van der Waals surface area contributed by atoms with Crippen molar-refractivity contribution in [1.82, 2.24) is 10.6 Å². The first-order valence-corrected chi connectivity index (χ1v) is 15.3. The van der Waals surface area contributed by atoms with E-state index in [1.165, 1.54) is 28.2 Å². The number of aliphatic imine (C=N–C) groups is 2. The molecule has 0 heterocycles. The molecule has 0 bridgehead atoms. The van der Waals surface area contributed by atoms with Gasteiger partial charge >= 0.3 is 38.1 Å². The number of carboxylic acid groups (broad SMARTS) is 2. The van der Waals surface area contributed by atoms with E-state index in [-0.39, 0.29) is 37.9 Å². The van der Waals surface area contributed by atoms with Crippen LogP contribution in [-0.2, 0) is 35.8 Å². The standard InChI is InChI=1S/2C4H8N2O2.2C4H11Si.Zr/c2*1-5-3(6-2)4(7)8;2*1-5(2,3)4;/h2*1-2H3,(H,5,6)(H,7,8);2*1H2,2-4H3;/q;;2*-1;+2. The van der Waals surface area contributed by atoms with E-state index in [1.807, 2.05) is 0 Å². The number of carbonyl (C=O) groups is 2. The molecule has 158 valence electrons. The molecule has 0 rings (SSSR count). The summed E-state index contributed by atoms with van der Waals surface area (Å²) in [6.07, 6.45) is 0. The molecule has 0 atom stereocenters. The number of carboxylic acids is 2. The van der Waals surface area contributed by atoms with Crippen LogP contribution in [0.5, 0.6) is 0 Å². The predicted molar refractivity (Wildman–Crippen MR) is 118 cm³/mol. The Morgan fingerprint density at radius 2 is 0.889 bits per heavy atom. The Morgan fingerprint density at radius 3 is 0.889 bits per heavy atom. The van der Waals surface area contributed by atoms with Gasteiger partial charge in [-0.15, -0.1) is 16.1 Å². The third kappa shape index (κ3) is 58.7. The van der Waals surface area contributed by atoms with Crippen LogP contribution in [0.4, 0.5) is 0 Å². The average Bonchev–Trinajstić information content (AvgIpc) is 2.37. The van der Waals surface area contributed by atoms with Crippen molar-refractivity contribution >= 4 is 39.8 Å². The maximum atomic E-state index is 9.97. The van der Waals surface area contributed by atoms with Crippen molar-refractivity contribution in [1.29, 1.82) is 0 Å². The number of rotatable bonds is 0. The van der Waals surface area contributed by atoms with Crippen LogP contribution in [0, 0.1) is 13.1 Å². The number of nitrogens with zero attached hydrogens (tertiary/aromatic N) is 2. The zero-order valence-electron chi connectivity index (χ0n) is 18.5. The van der Waals surface area contributed by atoms with E-state index in [2.05, 4.69) is 73.0 Å². The number of hydrogen-bond donors (Lipinski definition) is 4. The zero-order valence-corrected chi connectivity index (χ0v) is 23.0. The van der Waals surface area contributed by atoms with Crippen LogP contribution in [0.3, 0.4) is 0 Å². The second-order valence-electron chi connectivity index (χ2n) is 7.38. The topological polar surface area (TPSA) is 123 Å². The molecule has 0 aliphatic heterocycles. The van der Waals surface area contributed by atoms with Gasteiger partial charge in [0.1, 0.15) is 0 Å². The molecule has 0 saturated carbocycles. The first-order valence-electron chi connectivity index (χ1n) is 7.90. The fourth-order valence-electron chi connectivity index (χ4n) is 0.629. The van der Waals surface area contributed by atoms with Gasteiger partial charge in [0.05, 0.1) is 0 Å². The maximum absolute atomic E-state index is 9.97. The van der Waals surface area contributed by atoms with Crippen molar-refractivity contribution in [2.24, 2.45) is 9.98 Å². The smallest absolute Gasteiger partial charge is 0.475 e. The summed E-state index contributed by atoms with van der Waals surface area (Å²) in [4.78, 5) is 26.8. The minimum atomic E-state index is -1.03. The molecule has 0 aliphatic rings. The Morgan fingerprint density at radius 1 is 0.741 bits per heavy atom. The minimum absolute atomic E-state index is 0. The number of nitrogens with one attached hydrogen (secondary N) is 2. The number of amidine groups is 2. The Labute approximate surface area is 186 Å². The fourth-order valence-corrected chi connectivity index (χ4v) is 0.629. The molecule has 0 radical (unpaired) electrons. The summed E-state index contributed by atoms with van der Waals surface area (Å²) in [5, 5.41) is 21.2. The van der Waals surface area contributed by atoms with E-state index in [4.69, 9.17) is 10.2 Å². The van der Waals surface area contributed by atoms with Gasteiger partial charge in [-0.2, -0.15) is 0 Å². The molecule has 4 N–H and O–H groups in total. The van der Waals surface area contributed by atoms with Gasteiger partial charge in [-0.25, -0.2) is 9.59 Å². The first-order chi connectivity index (χ1) is 11.4. The summed E-state index contributed by atoms with van der Waals surface area (Å²) >= 11 is 0. The second kappa shape index (κ2) is 19.9. The molecule has 0 unspecified atom stereocenters. The summed E-state index contributed by atoms with van der Waals surface area (Å²) in [5.41, 5.74) is 0. The van der Waals surface area contributed by atoms with Gasteiger partial charge in [0.15, 0.2) is 0 Å². The first kappa shape index (κ1) is 37.0. The molecule has 0 saturated heterocycles. The van der Waals surface area contributed by atoms with E-state index in [1.54, 1.807) is 0 Å². The van der Waals surface area contributed by atoms with E-state index in [9.17, 15) is 9.59 Å². The van der Waals surface area contributed by atoms with Crippen molar-refractivity contribution in [3.05, 3.63) is 13.1 Å². The van der Waals surface area contributed by atoms with Gasteiger partial charge in [0.25, 0.3) is 0 Å². The van der Waals surface area contributed by atoms with Gasteiger partial charge in [0, 0.05) is 28.2 Å². The summed E-state index contributed by atoms with van der Waals surface area (Å²) in [6.45, 7) is 21.1. The van der Waals surface area contributed by atoms with Crippen LogP contribution in [0.1, 0.15) is 0 Å². The monoisotopic (exact) mass is 496 g/mol. The maximum Gasteiger partial charge on any atom is 2.00 e. The fraction of sp³-hybridized carbons (Fsp3) is 0.625. The number of hydrogen-bond acceptors (Lipinski definition) is 4. The van der Waals surface area contributed by atoms with Crippen molar-refractivity contribution in [2.75, 3.05) is 28.2 Å². The Balaban J connectivity index is -0.0000000807. The summed E-state index contributed by atoms with van der Waals surface area (Å²) < 4.78 is 0. The zero-order chi connectivity index (χ0) is 22.1. The minimum Gasteiger partial charge on any atom is -0.475 e. The normalized spacial score (nSPS) is 11.0. The van der Waals surface area contributed by atoms with Gasteiger partial charge in [0.2, 0.25) is 11.7 Å². The van der Waals surface area contributed by atoms with Crippen LogP contribution in [0.2, 0.25) is 39.3 Å². The number of aliphatic carboxylic acids is 2. The van der Waals surface area contributed by atoms with Crippen LogP contribution in [0.15, 0.2) is 9.98 Å². The number of likely N-dealkylation sites (N-methyl/N-ethyl adjacent to an activating group) is 2. The summed E-state index contributed by atoms with van der Waals surface area (Å²) in [5.74, 6) is -2.11. The predicted octanol–water partition coefficient (Wildman–Crippen LogP) is 2.03. The molecule has 0 fully saturated rings. The van der Waals surface area contributed by atoms with Crippen molar-refractivity contribution in [3.8, 4) is 0 Å². The molecule has 0 aliphatic carbocycles. The van der Waals surface area contributed by atoms with Gasteiger partial charge in [-0.3, -0.25) is 9.98 Å². The van der Waals surface area contributed by atoms with E-state index in [0.717, 1.165) is 0 Å². The van der Waals surface area contributed by atoms with E-state index >= 15 is 0 Å². The quantitative estimate of drug-likeness (QED) is 0.176. The largest absolute Gasteiger partial charge is 2.00 e. The molecular weight excluding hydrogens is 460 g/mol. The third-order valence-corrected chi connectivity index (χ3v) is 1.33. The van der Waals surface area contributed by atoms with Crippen molar-refractivity contribution in [3.63, 3.8) is 0 Å². The molecule has 27 heavy (non-hydrogen) atoms. The Bertz CT molecular complexity index is 406. The van der Waals surface area contributed by atoms with Crippen molar-refractivity contribution in [2.45, 2.75) is 39.3 Å². The molecule has 0 amide bonds.